The first-order valence-electron chi connectivity index (χ1n) is 9.98. The Kier molecular flexibility index (Phi) is 10.4. The maximum Gasteiger partial charge on any atom is 0.253 e. The highest BCUT2D eigenvalue weighted by Gasteiger charge is 2.22. The van der Waals surface area contributed by atoms with Crippen molar-refractivity contribution < 1.29 is 9.59 Å². The molecular weight excluding hydrogens is 386 g/mol. The minimum absolute atomic E-state index is 0. The molecule has 2 aromatic carbocycles. The molecule has 0 aliphatic heterocycles. The lowest BCUT2D eigenvalue weighted by atomic mass is 9.94. The van der Waals surface area contributed by atoms with Crippen molar-refractivity contribution in [1.29, 1.82) is 0 Å². The predicted molar refractivity (Wildman–Crippen MR) is 121 cm³/mol. The van der Waals surface area contributed by atoms with Gasteiger partial charge in [0.15, 0.2) is 0 Å². The molecule has 0 aliphatic rings. The number of amides is 2. The minimum atomic E-state index is -0.381. The van der Waals surface area contributed by atoms with Crippen molar-refractivity contribution in [3.63, 3.8) is 0 Å². The third kappa shape index (κ3) is 6.87. The second-order valence-electron chi connectivity index (χ2n) is 7.08. The fourth-order valence-corrected chi connectivity index (χ4v) is 3.12. The number of rotatable bonds is 9. The van der Waals surface area contributed by atoms with Crippen LogP contribution in [-0.2, 0) is 4.79 Å². The zero-order valence-corrected chi connectivity index (χ0v) is 18.2. The number of benzene rings is 2. The summed E-state index contributed by atoms with van der Waals surface area (Å²) in [4.78, 5) is 27.1. The van der Waals surface area contributed by atoms with E-state index in [1.54, 1.807) is 24.3 Å². The third-order valence-electron chi connectivity index (χ3n) is 4.81. The predicted octanol–water partition coefficient (Wildman–Crippen LogP) is 4.65. The van der Waals surface area contributed by atoms with Crippen molar-refractivity contribution in [3.8, 4) is 0 Å². The topological polar surface area (TPSA) is 75.4 Å². The largest absolute Gasteiger partial charge is 0.339 e. The van der Waals surface area contributed by atoms with Crippen LogP contribution in [0, 0.1) is 5.92 Å². The molecule has 0 heterocycles. The molecule has 3 N–H and O–H groups in total. The summed E-state index contributed by atoms with van der Waals surface area (Å²) in [7, 11) is 0. The molecule has 0 spiro atoms. The van der Waals surface area contributed by atoms with Gasteiger partial charge in [0, 0.05) is 30.4 Å². The maximum atomic E-state index is 12.6. The van der Waals surface area contributed by atoms with E-state index in [-0.39, 0.29) is 36.2 Å². The summed E-state index contributed by atoms with van der Waals surface area (Å²) < 4.78 is 0. The van der Waals surface area contributed by atoms with Crippen LogP contribution in [0.2, 0.25) is 0 Å². The van der Waals surface area contributed by atoms with Gasteiger partial charge in [-0.05, 0) is 42.7 Å². The molecule has 2 rings (SSSR count). The van der Waals surface area contributed by atoms with E-state index in [9.17, 15) is 9.59 Å². The number of nitrogens with one attached hydrogen (secondary N) is 1. The molecule has 0 fully saturated rings. The van der Waals surface area contributed by atoms with Gasteiger partial charge in [0.1, 0.15) is 0 Å². The number of hydrogen-bond acceptors (Lipinski definition) is 3. The van der Waals surface area contributed by atoms with E-state index in [0.29, 0.717) is 11.3 Å². The molecule has 0 aromatic heterocycles. The lowest BCUT2D eigenvalue weighted by molar-refractivity contribution is -0.120. The lowest BCUT2D eigenvalue weighted by Crippen LogP contribution is -2.32. The highest BCUT2D eigenvalue weighted by Crippen LogP contribution is 2.21. The van der Waals surface area contributed by atoms with Crippen LogP contribution in [0.15, 0.2) is 54.6 Å². The molecule has 2 amide bonds. The molecule has 2 atom stereocenters. The SMILES string of the molecule is CCCN(CCC)C(=O)c1ccc(NC(=O)C(C)C(N)c2ccccc2)cc1.Cl. The number of carbonyl (C=O) groups excluding carboxylic acids is 2. The first-order valence-corrected chi connectivity index (χ1v) is 9.98. The summed E-state index contributed by atoms with van der Waals surface area (Å²) >= 11 is 0. The van der Waals surface area contributed by atoms with Gasteiger partial charge in [0.05, 0.1) is 5.92 Å². The quantitative estimate of drug-likeness (QED) is 0.623. The Balaban J connectivity index is 0.00000420. The van der Waals surface area contributed by atoms with E-state index in [0.717, 1.165) is 31.5 Å². The molecule has 0 saturated carbocycles. The Bertz CT molecular complexity index is 759. The molecule has 2 unspecified atom stereocenters. The molecule has 0 bridgehead atoms. The Hall–Kier alpha value is -2.37. The van der Waals surface area contributed by atoms with Gasteiger partial charge in [-0.25, -0.2) is 0 Å². The third-order valence-corrected chi connectivity index (χ3v) is 4.81. The first-order chi connectivity index (χ1) is 13.5. The maximum absolute atomic E-state index is 12.6. The smallest absolute Gasteiger partial charge is 0.253 e. The molecule has 0 radical (unpaired) electrons. The van der Waals surface area contributed by atoms with Crippen molar-refractivity contribution >= 4 is 29.9 Å². The van der Waals surface area contributed by atoms with Gasteiger partial charge >= 0.3 is 0 Å². The van der Waals surface area contributed by atoms with Crippen LogP contribution in [0.1, 0.15) is 55.6 Å². The Morgan fingerprint density at radius 3 is 2.03 bits per heavy atom. The average molecular weight is 418 g/mol. The van der Waals surface area contributed by atoms with Crippen molar-refractivity contribution in [3.05, 3.63) is 65.7 Å². The van der Waals surface area contributed by atoms with Crippen LogP contribution in [0.5, 0.6) is 0 Å². The van der Waals surface area contributed by atoms with Crippen LogP contribution < -0.4 is 11.1 Å². The van der Waals surface area contributed by atoms with Gasteiger partial charge in [-0.1, -0.05) is 51.1 Å². The highest BCUT2D eigenvalue weighted by molar-refractivity contribution is 5.96. The molecule has 158 valence electrons. The number of nitrogens with two attached hydrogens (primary N) is 1. The molecule has 0 saturated heterocycles. The van der Waals surface area contributed by atoms with E-state index in [2.05, 4.69) is 19.2 Å². The van der Waals surface area contributed by atoms with Gasteiger partial charge in [0.25, 0.3) is 5.91 Å². The highest BCUT2D eigenvalue weighted by atomic mass is 35.5. The van der Waals surface area contributed by atoms with E-state index >= 15 is 0 Å². The van der Waals surface area contributed by atoms with Gasteiger partial charge in [-0.2, -0.15) is 0 Å². The number of nitrogens with zero attached hydrogens (tertiary/aromatic N) is 1. The fraction of sp³-hybridized carbons (Fsp3) is 0.391. The summed E-state index contributed by atoms with van der Waals surface area (Å²) in [6.07, 6.45) is 1.86. The zero-order chi connectivity index (χ0) is 20.5. The molecule has 2 aromatic rings. The fourth-order valence-electron chi connectivity index (χ4n) is 3.12. The van der Waals surface area contributed by atoms with Crippen LogP contribution in [0.4, 0.5) is 5.69 Å². The summed E-state index contributed by atoms with van der Waals surface area (Å²) in [5, 5.41) is 2.89. The van der Waals surface area contributed by atoms with E-state index in [4.69, 9.17) is 5.73 Å². The van der Waals surface area contributed by atoms with Crippen LogP contribution in [0.3, 0.4) is 0 Å². The van der Waals surface area contributed by atoms with Crippen molar-refractivity contribution in [2.24, 2.45) is 11.7 Å². The van der Waals surface area contributed by atoms with Gasteiger partial charge in [0.2, 0.25) is 5.91 Å². The summed E-state index contributed by atoms with van der Waals surface area (Å²) in [6.45, 7) is 7.45. The average Bonchev–Trinajstić information content (AvgIpc) is 2.73. The van der Waals surface area contributed by atoms with Gasteiger partial charge in [-0.3, -0.25) is 9.59 Å². The summed E-state index contributed by atoms with van der Waals surface area (Å²) in [6, 6.07) is 16.3. The second-order valence-corrected chi connectivity index (χ2v) is 7.08. The Labute approximate surface area is 180 Å². The minimum Gasteiger partial charge on any atom is -0.339 e. The number of carbonyl (C=O) groups is 2. The van der Waals surface area contributed by atoms with E-state index in [1.165, 1.54) is 0 Å². The molecule has 6 heteroatoms. The van der Waals surface area contributed by atoms with Crippen LogP contribution >= 0.6 is 12.4 Å². The standard InChI is InChI=1S/C23H31N3O2.ClH/c1-4-15-26(16-5-2)23(28)19-11-13-20(14-12-19)25-22(27)17(3)21(24)18-9-7-6-8-10-18;/h6-14,17,21H,4-5,15-16,24H2,1-3H3,(H,25,27);1H. The van der Waals surface area contributed by atoms with Crippen molar-refractivity contribution in [2.45, 2.75) is 39.7 Å². The number of anilines is 1. The van der Waals surface area contributed by atoms with E-state index < -0.39 is 0 Å². The molecule has 29 heavy (non-hydrogen) atoms. The lowest BCUT2D eigenvalue weighted by Gasteiger charge is -2.22. The Morgan fingerprint density at radius 1 is 0.966 bits per heavy atom. The molecule has 5 nitrogen and oxygen atoms in total. The summed E-state index contributed by atoms with van der Waals surface area (Å²) in [5.74, 6) is -0.497. The number of halogens is 1. The number of hydrogen-bond donors (Lipinski definition) is 2. The molecular formula is C23H32ClN3O2. The van der Waals surface area contributed by atoms with E-state index in [1.807, 2.05) is 42.2 Å². The van der Waals surface area contributed by atoms with Crippen molar-refractivity contribution in [1.82, 2.24) is 4.90 Å². The molecule has 0 aliphatic carbocycles. The summed E-state index contributed by atoms with van der Waals surface area (Å²) in [5.41, 5.74) is 8.46. The van der Waals surface area contributed by atoms with Gasteiger partial charge in [-0.15, -0.1) is 12.4 Å². The van der Waals surface area contributed by atoms with Crippen LogP contribution in [0.25, 0.3) is 0 Å². The van der Waals surface area contributed by atoms with Crippen molar-refractivity contribution in [2.75, 3.05) is 18.4 Å². The normalized spacial score (nSPS) is 12.4. The zero-order valence-electron chi connectivity index (χ0n) is 17.4. The monoisotopic (exact) mass is 417 g/mol. The second kappa shape index (κ2) is 12.2. The Morgan fingerprint density at radius 2 is 1.52 bits per heavy atom. The van der Waals surface area contributed by atoms with Gasteiger partial charge < -0.3 is 16.0 Å². The van der Waals surface area contributed by atoms with Crippen LogP contribution in [-0.4, -0.2) is 29.8 Å². The first kappa shape index (κ1) is 24.7.